The first-order chi connectivity index (χ1) is 3.39. The summed E-state index contributed by atoms with van der Waals surface area (Å²) in [5.74, 6) is 0. The van der Waals surface area contributed by atoms with Gasteiger partial charge in [-0.05, 0) is 6.08 Å². The van der Waals surface area contributed by atoms with E-state index >= 15 is 0 Å². The van der Waals surface area contributed by atoms with Crippen LogP contribution >= 0.6 is 0 Å². The summed E-state index contributed by atoms with van der Waals surface area (Å²) < 4.78 is 0. The monoisotopic (exact) mass is 97.1 g/mol. The van der Waals surface area contributed by atoms with Gasteiger partial charge in [0.2, 0.25) is 0 Å². The van der Waals surface area contributed by atoms with E-state index in [0.29, 0.717) is 0 Å². The van der Waals surface area contributed by atoms with Gasteiger partial charge in [-0.1, -0.05) is 6.08 Å². The van der Waals surface area contributed by atoms with E-state index in [1.807, 2.05) is 6.08 Å². The van der Waals surface area contributed by atoms with Crippen LogP contribution in [0.15, 0.2) is 17.1 Å². The zero-order valence-corrected chi connectivity index (χ0v) is 3.91. The summed E-state index contributed by atoms with van der Waals surface area (Å²) in [4.78, 5) is 3.67. The van der Waals surface area contributed by atoms with Crippen molar-refractivity contribution in [2.45, 2.75) is 12.6 Å². The highest BCUT2D eigenvalue weighted by Crippen LogP contribution is 1.94. The standard InChI is InChI=1S/C5H7NO/c7-5-3-1-2-4-6-5/h1,3-5,7H,2H2. The summed E-state index contributed by atoms with van der Waals surface area (Å²) >= 11 is 0. The van der Waals surface area contributed by atoms with Gasteiger partial charge in [-0.15, -0.1) is 0 Å². The van der Waals surface area contributed by atoms with Gasteiger partial charge in [-0.2, -0.15) is 0 Å². The van der Waals surface area contributed by atoms with Crippen molar-refractivity contribution in [1.29, 1.82) is 0 Å². The lowest BCUT2D eigenvalue weighted by molar-refractivity contribution is 0.233. The molecule has 0 aromatic carbocycles. The van der Waals surface area contributed by atoms with Crippen molar-refractivity contribution in [2.24, 2.45) is 4.99 Å². The molecule has 0 fully saturated rings. The van der Waals surface area contributed by atoms with Crippen molar-refractivity contribution < 1.29 is 5.11 Å². The van der Waals surface area contributed by atoms with Crippen LogP contribution in [0.5, 0.6) is 0 Å². The average Bonchev–Trinajstić information content (AvgIpc) is 1.69. The lowest BCUT2D eigenvalue weighted by Gasteiger charge is -1.99. The molecule has 0 saturated heterocycles. The predicted molar refractivity (Wildman–Crippen MR) is 28.3 cm³/mol. The zero-order chi connectivity index (χ0) is 5.11. The molecule has 1 unspecified atom stereocenters. The number of aliphatic hydroxyl groups excluding tert-OH is 1. The number of allylic oxidation sites excluding steroid dienone is 1. The molecule has 0 spiro atoms. The molecule has 1 aliphatic rings. The van der Waals surface area contributed by atoms with E-state index in [4.69, 9.17) is 5.11 Å². The van der Waals surface area contributed by atoms with E-state index in [-0.39, 0.29) is 0 Å². The van der Waals surface area contributed by atoms with Crippen molar-refractivity contribution in [3.8, 4) is 0 Å². The number of hydrogen-bond donors (Lipinski definition) is 1. The lowest BCUT2D eigenvalue weighted by atomic mass is 10.3. The molecular weight excluding hydrogens is 90.1 g/mol. The van der Waals surface area contributed by atoms with Crippen LogP contribution in [0.3, 0.4) is 0 Å². The van der Waals surface area contributed by atoms with Crippen molar-refractivity contribution in [3.63, 3.8) is 0 Å². The first-order valence-corrected chi connectivity index (χ1v) is 2.26. The van der Waals surface area contributed by atoms with Gasteiger partial charge >= 0.3 is 0 Å². The Morgan fingerprint density at radius 1 is 1.71 bits per heavy atom. The summed E-state index contributed by atoms with van der Waals surface area (Å²) in [6.07, 6.45) is 5.54. The Morgan fingerprint density at radius 2 is 2.57 bits per heavy atom. The van der Waals surface area contributed by atoms with Crippen LogP contribution < -0.4 is 0 Å². The van der Waals surface area contributed by atoms with Gasteiger partial charge in [0.1, 0.15) is 0 Å². The average molecular weight is 97.1 g/mol. The molecule has 0 bridgehead atoms. The number of rotatable bonds is 0. The third-order valence-corrected chi connectivity index (χ3v) is 0.808. The third-order valence-electron chi connectivity index (χ3n) is 0.808. The van der Waals surface area contributed by atoms with Gasteiger partial charge in [0, 0.05) is 12.6 Å². The first-order valence-electron chi connectivity index (χ1n) is 2.26. The fraction of sp³-hybridized carbons (Fsp3) is 0.400. The molecule has 0 aliphatic carbocycles. The van der Waals surface area contributed by atoms with Crippen LogP contribution in [0.25, 0.3) is 0 Å². The van der Waals surface area contributed by atoms with Gasteiger partial charge in [0.25, 0.3) is 0 Å². The van der Waals surface area contributed by atoms with Crippen LogP contribution in [0.4, 0.5) is 0 Å². The molecule has 0 amide bonds. The van der Waals surface area contributed by atoms with E-state index in [1.165, 1.54) is 0 Å². The Kier molecular flexibility index (Phi) is 1.22. The van der Waals surface area contributed by atoms with Crippen molar-refractivity contribution in [1.82, 2.24) is 0 Å². The van der Waals surface area contributed by atoms with E-state index in [0.717, 1.165) is 6.42 Å². The van der Waals surface area contributed by atoms with Crippen LogP contribution in [0.1, 0.15) is 6.42 Å². The van der Waals surface area contributed by atoms with Crippen LogP contribution in [0.2, 0.25) is 0 Å². The molecule has 2 nitrogen and oxygen atoms in total. The highest BCUT2D eigenvalue weighted by atomic mass is 16.3. The minimum atomic E-state index is -0.575. The van der Waals surface area contributed by atoms with E-state index < -0.39 is 6.23 Å². The number of nitrogens with zero attached hydrogens (tertiary/aromatic N) is 1. The second kappa shape index (κ2) is 1.89. The second-order valence-corrected chi connectivity index (χ2v) is 1.41. The van der Waals surface area contributed by atoms with Gasteiger partial charge in [-0.25, -0.2) is 0 Å². The largest absolute Gasteiger partial charge is 0.368 e. The van der Waals surface area contributed by atoms with Crippen LogP contribution in [0, 0.1) is 0 Å². The Balaban J connectivity index is 2.49. The van der Waals surface area contributed by atoms with Crippen LogP contribution in [-0.2, 0) is 0 Å². The molecule has 1 heterocycles. The lowest BCUT2D eigenvalue weighted by Crippen LogP contribution is -2.00. The van der Waals surface area contributed by atoms with Gasteiger partial charge < -0.3 is 5.11 Å². The maximum Gasteiger partial charge on any atom is 0.163 e. The third kappa shape index (κ3) is 1.12. The summed E-state index contributed by atoms with van der Waals surface area (Å²) in [5, 5.41) is 8.62. The quantitative estimate of drug-likeness (QED) is 0.434. The molecule has 1 atom stereocenters. The molecule has 1 aliphatic heterocycles. The van der Waals surface area contributed by atoms with Gasteiger partial charge in [-0.3, -0.25) is 4.99 Å². The second-order valence-electron chi connectivity index (χ2n) is 1.41. The Bertz CT molecular complexity index is 94.6. The van der Waals surface area contributed by atoms with E-state index in [9.17, 15) is 0 Å². The van der Waals surface area contributed by atoms with E-state index in [2.05, 4.69) is 4.99 Å². The molecule has 2 heteroatoms. The molecule has 0 radical (unpaired) electrons. The van der Waals surface area contributed by atoms with Crippen molar-refractivity contribution in [3.05, 3.63) is 12.2 Å². The van der Waals surface area contributed by atoms with Crippen molar-refractivity contribution in [2.75, 3.05) is 0 Å². The Hall–Kier alpha value is -0.630. The fourth-order valence-electron chi connectivity index (χ4n) is 0.480. The maximum absolute atomic E-state index is 8.62. The Labute approximate surface area is 42.2 Å². The first kappa shape index (κ1) is 4.53. The topological polar surface area (TPSA) is 32.6 Å². The minimum absolute atomic E-state index is 0.575. The van der Waals surface area contributed by atoms with Crippen molar-refractivity contribution >= 4 is 6.21 Å². The SMILES string of the molecule is OC1C=CCC=N1. The highest BCUT2D eigenvalue weighted by molar-refractivity contribution is 5.60. The van der Waals surface area contributed by atoms with E-state index in [1.54, 1.807) is 12.3 Å². The van der Waals surface area contributed by atoms with Gasteiger partial charge in [0.15, 0.2) is 6.23 Å². The molecule has 0 aromatic heterocycles. The zero-order valence-electron chi connectivity index (χ0n) is 3.91. The summed E-state index contributed by atoms with van der Waals surface area (Å²) in [5.41, 5.74) is 0. The smallest absolute Gasteiger partial charge is 0.163 e. The molecule has 1 N–H and O–H groups in total. The number of dihydropyridines is 1. The summed E-state index contributed by atoms with van der Waals surface area (Å²) in [6.45, 7) is 0. The van der Waals surface area contributed by atoms with Gasteiger partial charge in [0.05, 0.1) is 0 Å². The summed E-state index contributed by atoms with van der Waals surface area (Å²) in [6, 6.07) is 0. The molecule has 38 valence electrons. The number of hydrogen-bond acceptors (Lipinski definition) is 2. The normalized spacial score (nSPS) is 28.4. The minimum Gasteiger partial charge on any atom is -0.368 e. The number of aliphatic hydroxyl groups is 1. The fourth-order valence-corrected chi connectivity index (χ4v) is 0.480. The molecule has 0 aromatic rings. The number of aliphatic imine (C=N–C) groups is 1. The molecular formula is C5H7NO. The predicted octanol–water partition coefficient (Wildman–Crippen LogP) is 0.336. The highest BCUT2D eigenvalue weighted by Gasteiger charge is 1.92. The maximum atomic E-state index is 8.62. The molecule has 0 saturated carbocycles. The summed E-state index contributed by atoms with van der Waals surface area (Å²) in [7, 11) is 0. The molecule has 1 rings (SSSR count). The Morgan fingerprint density at radius 3 is 2.86 bits per heavy atom. The molecule has 7 heavy (non-hydrogen) atoms. The van der Waals surface area contributed by atoms with Crippen LogP contribution in [-0.4, -0.2) is 17.5 Å².